The number of aromatic amines is 2. The summed E-state index contributed by atoms with van der Waals surface area (Å²) in [5.41, 5.74) is -0.174. The molecule has 2 N–H and O–H groups in total. The van der Waals surface area contributed by atoms with Crippen molar-refractivity contribution in [1.82, 2.24) is 15.0 Å². The smallest absolute Gasteiger partial charge is 0.325 e. The van der Waals surface area contributed by atoms with Crippen LogP contribution >= 0.6 is 0 Å². The molecule has 2 aromatic rings. The minimum atomic E-state index is -0.545. The SMILES string of the molecule is Cc1ncoc1-c1c[nH]c(=O)[nH]c1=O. The first-order chi connectivity index (χ1) is 6.68. The minimum Gasteiger partial charge on any atom is -0.443 e. The van der Waals surface area contributed by atoms with Gasteiger partial charge in [-0.25, -0.2) is 9.78 Å². The van der Waals surface area contributed by atoms with Gasteiger partial charge in [-0.2, -0.15) is 0 Å². The number of nitrogens with zero attached hydrogens (tertiary/aromatic N) is 1. The molecule has 2 aromatic heterocycles. The average Bonchev–Trinajstić information content (AvgIpc) is 2.52. The maximum atomic E-state index is 11.3. The third-order valence-electron chi connectivity index (χ3n) is 1.81. The molecule has 2 rings (SSSR count). The van der Waals surface area contributed by atoms with Gasteiger partial charge in [-0.05, 0) is 6.92 Å². The van der Waals surface area contributed by atoms with E-state index >= 15 is 0 Å². The molecule has 0 aliphatic carbocycles. The number of nitrogens with one attached hydrogen (secondary N) is 2. The van der Waals surface area contributed by atoms with E-state index in [1.807, 2.05) is 0 Å². The molecule has 0 fully saturated rings. The van der Waals surface area contributed by atoms with Gasteiger partial charge in [0.05, 0.1) is 5.69 Å². The van der Waals surface area contributed by atoms with Crippen molar-refractivity contribution < 1.29 is 4.42 Å². The molecular weight excluding hydrogens is 186 g/mol. The molecule has 72 valence electrons. The first-order valence-electron chi connectivity index (χ1n) is 3.91. The zero-order valence-corrected chi connectivity index (χ0v) is 7.33. The Kier molecular flexibility index (Phi) is 1.81. The largest absolute Gasteiger partial charge is 0.443 e. The van der Waals surface area contributed by atoms with Crippen molar-refractivity contribution in [3.05, 3.63) is 39.1 Å². The second-order valence-corrected chi connectivity index (χ2v) is 2.75. The van der Waals surface area contributed by atoms with Crippen molar-refractivity contribution in [2.24, 2.45) is 0 Å². The van der Waals surface area contributed by atoms with Gasteiger partial charge in [0, 0.05) is 6.20 Å². The van der Waals surface area contributed by atoms with Crippen molar-refractivity contribution in [2.45, 2.75) is 6.92 Å². The topological polar surface area (TPSA) is 91.8 Å². The summed E-state index contributed by atoms with van der Waals surface area (Å²) in [6, 6.07) is 0. The van der Waals surface area contributed by atoms with Crippen molar-refractivity contribution in [3.63, 3.8) is 0 Å². The van der Waals surface area contributed by atoms with Crippen LogP contribution in [0.4, 0.5) is 0 Å². The van der Waals surface area contributed by atoms with E-state index in [0.29, 0.717) is 11.5 Å². The summed E-state index contributed by atoms with van der Waals surface area (Å²) in [5.74, 6) is 0.363. The zero-order chi connectivity index (χ0) is 10.1. The van der Waals surface area contributed by atoms with Gasteiger partial charge in [0.15, 0.2) is 12.2 Å². The number of rotatable bonds is 1. The van der Waals surface area contributed by atoms with Gasteiger partial charge in [-0.1, -0.05) is 0 Å². The van der Waals surface area contributed by atoms with Gasteiger partial charge in [0.2, 0.25) is 0 Å². The molecular formula is C8H7N3O3. The Bertz CT molecular complexity index is 563. The van der Waals surface area contributed by atoms with Crippen LogP contribution in [0.2, 0.25) is 0 Å². The lowest BCUT2D eigenvalue weighted by Crippen LogP contribution is -2.22. The van der Waals surface area contributed by atoms with Gasteiger partial charge in [-0.15, -0.1) is 0 Å². The van der Waals surface area contributed by atoms with Crippen LogP contribution in [0.15, 0.2) is 26.6 Å². The van der Waals surface area contributed by atoms with Gasteiger partial charge >= 0.3 is 5.69 Å². The van der Waals surface area contributed by atoms with Crippen molar-refractivity contribution in [3.8, 4) is 11.3 Å². The maximum Gasteiger partial charge on any atom is 0.325 e. The van der Waals surface area contributed by atoms with Gasteiger partial charge in [0.1, 0.15) is 5.56 Å². The van der Waals surface area contributed by atoms with E-state index in [1.165, 1.54) is 12.6 Å². The number of aromatic nitrogens is 3. The van der Waals surface area contributed by atoms with E-state index in [0.717, 1.165) is 0 Å². The standard InChI is InChI=1S/C8H7N3O3/c1-4-6(14-3-10-4)5-2-9-8(13)11-7(5)12/h2-3H,1H3,(H2,9,11,12,13). The van der Waals surface area contributed by atoms with Crippen LogP contribution in [0.1, 0.15) is 5.69 Å². The van der Waals surface area contributed by atoms with Crippen LogP contribution in [-0.4, -0.2) is 15.0 Å². The van der Waals surface area contributed by atoms with Gasteiger partial charge in [-0.3, -0.25) is 9.78 Å². The Labute approximate surface area is 77.6 Å². The minimum absolute atomic E-state index is 0.264. The zero-order valence-electron chi connectivity index (χ0n) is 7.33. The highest BCUT2D eigenvalue weighted by Gasteiger charge is 2.10. The predicted molar refractivity (Wildman–Crippen MR) is 47.9 cm³/mol. The lowest BCUT2D eigenvalue weighted by Gasteiger charge is -1.94. The molecule has 0 aliphatic heterocycles. The summed E-state index contributed by atoms with van der Waals surface area (Å²) in [7, 11) is 0. The first-order valence-corrected chi connectivity index (χ1v) is 3.91. The van der Waals surface area contributed by atoms with Crippen LogP contribution in [0.25, 0.3) is 11.3 Å². The molecule has 0 radical (unpaired) electrons. The predicted octanol–water partition coefficient (Wildman–Crippen LogP) is 0.0266. The van der Waals surface area contributed by atoms with E-state index in [9.17, 15) is 9.59 Å². The number of aryl methyl sites for hydroxylation is 1. The third-order valence-corrected chi connectivity index (χ3v) is 1.81. The molecule has 2 heterocycles. The monoisotopic (exact) mass is 193 g/mol. The summed E-state index contributed by atoms with van der Waals surface area (Å²) < 4.78 is 5.02. The molecule has 14 heavy (non-hydrogen) atoms. The number of oxazole rings is 1. The van der Waals surface area contributed by atoms with E-state index < -0.39 is 11.2 Å². The second-order valence-electron chi connectivity index (χ2n) is 2.75. The number of H-pyrrole nitrogens is 2. The van der Waals surface area contributed by atoms with Crippen LogP contribution in [0.3, 0.4) is 0 Å². The highest BCUT2D eigenvalue weighted by Crippen LogP contribution is 2.16. The summed E-state index contributed by atoms with van der Waals surface area (Å²) >= 11 is 0. The molecule has 0 bridgehead atoms. The van der Waals surface area contributed by atoms with Crippen molar-refractivity contribution in [1.29, 1.82) is 0 Å². The van der Waals surface area contributed by atoms with Crippen LogP contribution in [0.5, 0.6) is 0 Å². The van der Waals surface area contributed by atoms with Gasteiger partial charge < -0.3 is 9.40 Å². The molecule has 0 aromatic carbocycles. The fourth-order valence-electron chi connectivity index (χ4n) is 1.14. The summed E-state index contributed by atoms with van der Waals surface area (Å²) in [5, 5.41) is 0. The Balaban J connectivity index is 2.70. The van der Waals surface area contributed by atoms with Crippen LogP contribution < -0.4 is 11.2 Å². The van der Waals surface area contributed by atoms with Crippen LogP contribution in [0, 0.1) is 6.92 Å². The normalized spacial score (nSPS) is 10.4. The molecule has 0 spiro atoms. The lowest BCUT2D eigenvalue weighted by molar-refractivity contribution is 0.570. The quantitative estimate of drug-likeness (QED) is 0.668. The first kappa shape index (κ1) is 8.49. The van der Waals surface area contributed by atoms with Crippen LogP contribution in [-0.2, 0) is 0 Å². The highest BCUT2D eigenvalue weighted by molar-refractivity contribution is 5.56. The molecule has 6 heteroatoms. The molecule has 6 nitrogen and oxygen atoms in total. The number of hydrogen-bond donors (Lipinski definition) is 2. The number of hydrogen-bond acceptors (Lipinski definition) is 4. The van der Waals surface area contributed by atoms with Gasteiger partial charge in [0.25, 0.3) is 5.56 Å². The fourth-order valence-corrected chi connectivity index (χ4v) is 1.14. The van der Waals surface area contributed by atoms with E-state index in [2.05, 4.69) is 15.0 Å². The molecule has 0 saturated carbocycles. The van der Waals surface area contributed by atoms with E-state index in [-0.39, 0.29) is 5.56 Å². The van der Waals surface area contributed by atoms with E-state index in [1.54, 1.807) is 6.92 Å². The Morgan fingerprint density at radius 3 is 2.79 bits per heavy atom. The maximum absolute atomic E-state index is 11.3. The van der Waals surface area contributed by atoms with Crippen molar-refractivity contribution >= 4 is 0 Å². The summed E-state index contributed by atoms with van der Waals surface area (Å²) in [4.78, 5) is 30.4. The molecule has 0 amide bonds. The average molecular weight is 193 g/mol. The second kappa shape index (κ2) is 2.99. The molecule has 0 aliphatic rings. The Morgan fingerprint density at radius 2 is 2.21 bits per heavy atom. The third kappa shape index (κ3) is 1.26. The molecule has 0 saturated heterocycles. The fraction of sp³-hybridized carbons (Fsp3) is 0.125. The van der Waals surface area contributed by atoms with E-state index in [4.69, 9.17) is 4.42 Å². The molecule has 0 atom stereocenters. The summed E-state index contributed by atoms with van der Waals surface area (Å²) in [6.07, 6.45) is 2.55. The Hall–Kier alpha value is -2.11. The highest BCUT2D eigenvalue weighted by atomic mass is 16.3. The lowest BCUT2D eigenvalue weighted by atomic mass is 10.2. The molecule has 0 unspecified atom stereocenters. The summed E-state index contributed by atoms with van der Waals surface area (Å²) in [6.45, 7) is 1.71. The Morgan fingerprint density at radius 1 is 1.43 bits per heavy atom. The van der Waals surface area contributed by atoms with Crippen molar-refractivity contribution in [2.75, 3.05) is 0 Å².